The van der Waals surface area contributed by atoms with Crippen LogP contribution in [0.5, 0.6) is 0 Å². The summed E-state index contributed by atoms with van der Waals surface area (Å²) in [5.41, 5.74) is 4.18. The van der Waals surface area contributed by atoms with Crippen LogP contribution in [0.3, 0.4) is 0 Å². The van der Waals surface area contributed by atoms with Crippen molar-refractivity contribution in [3.05, 3.63) is 34.9 Å². The second kappa shape index (κ2) is 4.17. The molecule has 0 bridgehead atoms. The van der Waals surface area contributed by atoms with E-state index in [0.29, 0.717) is 0 Å². The minimum absolute atomic E-state index is 0. The molecule has 0 fully saturated rings. The Bertz CT molecular complexity index is 201. The van der Waals surface area contributed by atoms with Crippen molar-refractivity contribution in [2.24, 2.45) is 0 Å². The normalized spacial score (nSPS) is 8.70. The quantitative estimate of drug-likeness (QED) is 0.440. The maximum absolute atomic E-state index is 2.16. The Hall–Kier alpha value is 0.220. The summed E-state index contributed by atoms with van der Waals surface area (Å²) in [6, 6.07) is 6.38. The van der Waals surface area contributed by atoms with Gasteiger partial charge in [-0.05, 0) is 37.5 Å². The third kappa shape index (κ3) is 2.12. The Kier molecular flexibility index (Phi) is 4.26. The smallest absolute Gasteiger partial charge is 1.00 e. The zero-order valence-electron chi connectivity index (χ0n) is 8.23. The summed E-state index contributed by atoms with van der Waals surface area (Å²) in [6.45, 7) is 6.44. The fraction of sp³-hybridized carbons (Fsp3) is 0.333. The van der Waals surface area contributed by atoms with Crippen LogP contribution in [0.25, 0.3) is 0 Å². The van der Waals surface area contributed by atoms with Gasteiger partial charge < -0.3 is 1.43 Å². The number of aryl methyl sites for hydroxylation is 2. The Morgan fingerprint density at radius 1 is 1.00 bits per heavy atom. The topological polar surface area (TPSA) is 0 Å². The van der Waals surface area contributed by atoms with Gasteiger partial charge in [0.2, 0.25) is 0 Å². The fourth-order valence-corrected chi connectivity index (χ4v) is 0.898. The van der Waals surface area contributed by atoms with Crippen molar-refractivity contribution in [1.29, 1.82) is 0 Å². The molecule has 0 saturated carbocycles. The van der Waals surface area contributed by atoms with Crippen LogP contribution in [0.1, 0.15) is 18.1 Å². The number of hydrogen-bond acceptors (Lipinski definition) is 0. The number of hydrogen-bond donors (Lipinski definition) is 0. The molecule has 0 aromatic heterocycles. The molecule has 1 aromatic rings. The van der Waals surface area contributed by atoms with Gasteiger partial charge in [0.05, 0.1) is 0 Å². The zero-order chi connectivity index (χ0) is 6.85. The van der Waals surface area contributed by atoms with Gasteiger partial charge in [0.1, 0.15) is 0 Å². The van der Waals surface area contributed by atoms with Gasteiger partial charge in [-0.3, -0.25) is 0 Å². The SMILES string of the molecule is Cc1cccc(C)c1C.[H-].[Na+]. The van der Waals surface area contributed by atoms with E-state index in [1.807, 2.05) is 0 Å². The van der Waals surface area contributed by atoms with E-state index in [0.717, 1.165) is 0 Å². The Balaban J connectivity index is 0. The van der Waals surface area contributed by atoms with Crippen molar-refractivity contribution in [2.45, 2.75) is 20.8 Å². The minimum Gasteiger partial charge on any atom is -1.00 e. The summed E-state index contributed by atoms with van der Waals surface area (Å²) >= 11 is 0. The van der Waals surface area contributed by atoms with E-state index in [2.05, 4.69) is 39.0 Å². The second-order valence-electron chi connectivity index (χ2n) is 2.52. The molecule has 0 atom stereocenters. The van der Waals surface area contributed by atoms with Gasteiger partial charge >= 0.3 is 29.6 Å². The maximum atomic E-state index is 2.16. The fourth-order valence-electron chi connectivity index (χ4n) is 0.898. The van der Waals surface area contributed by atoms with Gasteiger partial charge in [0.25, 0.3) is 0 Å². The van der Waals surface area contributed by atoms with E-state index in [-0.39, 0.29) is 31.0 Å². The van der Waals surface area contributed by atoms with E-state index in [9.17, 15) is 0 Å². The molecule has 1 aromatic carbocycles. The number of benzene rings is 1. The van der Waals surface area contributed by atoms with Crippen molar-refractivity contribution in [3.63, 3.8) is 0 Å². The maximum Gasteiger partial charge on any atom is 1.00 e. The molecule has 0 N–H and O–H groups in total. The molecule has 0 aliphatic heterocycles. The average molecular weight is 144 g/mol. The van der Waals surface area contributed by atoms with Gasteiger partial charge in [0, 0.05) is 0 Å². The van der Waals surface area contributed by atoms with Crippen molar-refractivity contribution < 1.29 is 31.0 Å². The van der Waals surface area contributed by atoms with Crippen molar-refractivity contribution in [3.8, 4) is 0 Å². The Labute approximate surface area is 86.4 Å². The summed E-state index contributed by atoms with van der Waals surface area (Å²) in [5.74, 6) is 0. The molecule has 0 aliphatic rings. The van der Waals surface area contributed by atoms with Gasteiger partial charge in [-0.15, -0.1) is 0 Å². The van der Waals surface area contributed by atoms with Crippen LogP contribution in [-0.4, -0.2) is 0 Å². The van der Waals surface area contributed by atoms with Crippen LogP contribution >= 0.6 is 0 Å². The second-order valence-corrected chi connectivity index (χ2v) is 2.52. The van der Waals surface area contributed by atoms with E-state index in [1.54, 1.807) is 0 Å². The molecule has 0 nitrogen and oxygen atoms in total. The largest absolute Gasteiger partial charge is 1.00 e. The van der Waals surface area contributed by atoms with Crippen molar-refractivity contribution in [1.82, 2.24) is 0 Å². The zero-order valence-corrected chi connectivity index (χ0v) is 9.23. The summed E-state index contributed by atoms with van der Waals surface area (Å²) in [5, 5.41) is 0. The molecule has 0 unspecified atom stereocenters. The van der Waals surface area contributed by atoms with Crippen LogP contribution in [0.4, 0.5) is 0 Å². The third-order valence-corrected chi connectivity index (χ3v) is 1.88. The monoisotopic (exact) mass is 144 g/mol. The van der Waals surface area contributed by atoms with E-state index >= 15 is 0 Å². The Morgan fingerprint density at radius 2 is 1.40 bits per heavy atom. The van der Waals surface area contributed by atoms with E-state index in [4.69, 9.17) is 0 Å². The minimum atomic E-state index is 0. The summed E-state index contributed by atoms with van der Waals surface area (Å²) in [6.07, 6.45) is 0. The molecule has 0 heterocycles. The first-order valence-electron chi connectivity index (χ1n) is 3.24. The molecule has 0 spiro atoms. The predicted molar refractivity (Wildman–Crippen MR) is 41.8 cm³/mol. The summed E-state index contributed by atoms with van der Waals surface area (Å²) < 4.78 is 0. The molecule has 0 radical (unpaired) electrons. The van der Waals surface area contributed by atoms with Crippen LogP contribution in [0.15, 0.2) is 18.2 Å². The molecule has 10 heavy (non-hydrogen) atoms. The van der Waals surface area contributed by atoms with Crippen LogP contribution < -0.4 is 29.6 Å². The number of rotatable bonds is 0. The average Bonchev–Trinajstić information content (AvgIpc) is 1.83. The van der Waals surface area contributed by atoms with Crippen LogP contribution in [0, 0.1) is 20.8 Å². The standard InChI is InChI=1S/C9H12.Na.H/c1-7-5-4-6-8(2)9(7)3;;/h4-6H,1-3H3;;/q;+1;-1. The molecule has 0 amide bonds. The first-order valence-corrected chi connectivity index (χ1v) is 3.24. The molecule has 1 rings (SSSR count). The van der Waals surface area contributed by atoms with E-state index < -0.39 is 0 Å². The summed E-state index contributed by atoms with van der Waals surface area (Å²) in [7, 11) is 0. The first-order chi connectivity index (χ1) is 4.22. The summed E-state index contributed by atoms with van der Waals surface area (Å²) in [4.78, 5) is 0. The molecule has 1 heteroatoms. The molecular weight excluding hydrogens is 131 g/mol. The predicted octanol–water partition coefficient (Wildman–Crippen LogP) is -0.272. The molecule has 0 aliphatic carbocycles. The Morgan fingerprint density at radius 3 is 1.70 bits per heavy atom. The van der Waals surface area contributed by atoms with Gasteiger partial charge in [-0.1, -0.05) is 18.2 Å². The van der Waals surface area contributed by atoms with Gasteiger partial charge in [-0.25, -0.2) is 0 Å². The van der Waals surface area contributed by atoms with Gasteiger partial charge in [0.15, 0.2) is 0 Å². The first kappa shape index (κ1) is 10.2. The van der Waals surface area contributed by atoms with Crippen LogP contribution in [-0.2, 0) is 0 Å². The van der Waals surface area contributed by atoms with Gasteiger partial charge in [-0.2, -0.15) is 0 Å². The van der Waals surface area contributed by atoms with Crippen LogP contribution in [0.2, 0.25) is 0 Å². The van der Waals surface area contributed by atoms with E-state index in [1.165, 1.54) is 16.7 Å². The third-order valence-electron chi connectivity index (χ3n) is 1.88. The molecule has 50 valence electrons. The van der Waals surface area contributed by atoms with Crippen molar-refractivity contribution in [2.75, 3.05) is 0 Å². The molecule has 0 saturated heterocycles. The van der Waals surface area contributed by atoms with Crippen molar-refractivity contribution >= 4 is 0 Å². The molecular formula is C9H13Na.